The number of hydrogen-bond donors (Lipinski definition) is 3. The number of alkyl halides is 4. The molecule has 7 nitrogen and oxygen atoms in total. The number of urea groups is 1. The molecule has 0 spiro atoms. The molecule has 2 amide bonds. The van der Waals surface area contributed by atoms with E-state index in [1.807, 2.05) is 11.9 Å². The minimum atomic E-state index is -4.38. The van der Waals surface area contributed by atoms with Gasteiger partial charge >= 0.3 is 183 Å². The first kappa shape index (κ1) is 23.2. The van der Waals surface area contributed by atoms with Crippen LogP contribution >= 0.6 is 0 Å². The second kappa shape index (κ2) is 9.76. The summed E-state index contributed by atoms with van der Waals surface area (Å²) in [5.41, 5.74) is 0.602. The van der Waals surface area contributed by atoms with E-state index in [-0.39, 0.29) is 23.2 Å². The predicted molar refractivity (Wildman–Crippen MR) is 110 cm³/mol. The molecular formula is C19H22F4N6OSe. The zero-order valence-electron chi connectivity index (χ0n) is 16.9. The number of halogens is 4. The fourth-order valence-corrected chi connectivity index (χ4v) is 4.70. The van der Waals surface area contributed by atoms with Crippen molar-refractivity contribution in [2.24, 2.45) is 0 Å². The van der Waals surface area contributed by atoms with Crippen molar-refractivity contribution >= 4 is 36.9 Å². The molecule has 0 saturated carbocycles. The molecule has 1 fully saturated rings. The van der Waals surface area contributed by atoms with Gasteiger partial charge in [0.15, 0.2) is 0 Å². The first-order valence-corrected chi connectivity index (χ1v) is 11.2. The van der Waals surface area contributed by atoms with Gasteiger partial charge in [0, 0.05) is 0 Å². The van der Waals surface area contributed by atoms with Gasteiger partial charge in [-0.2, -0.15) is 0 Å². The molecule has 0 radical (unpaired) electrons. The summed E-state index contributed by atoms with van der Waals surface area (Å²) in [5.74, 6) is 5.70. The van der Waals surface area contributed by atoms with Gasteiger partial charge in [0.1, 0.15) is 0 Å². The molecule has 1 saturated heterocycles. The number of nitrogens with zero attached hydrogens (tertiary/aromatic N) is 3. The standard InChI is InChI=1S/C19H22F4N6OSe/c1-24-18(30)26-6-3-4-12-10-15-16(27-14-5-8-28(2)11-13(14)20)25-7-9-29(15)17(12)31-19(21,22)23/h7,9-10,13-14H,5-6,8,11H2,1-2H3,(H,25,27)(H2,24,26,30)/t13-,14+/m0/s1. The number of carbonyl (C=O) groups is 1. The summed E-state index contributed by atoms with van der Waals surface area (Å²) in [5, 5.41) is 3.51. The number of anilines is 1. The molecule has 12 heteroatoms. The van der Waals surface area contributed by atoms with E-state index >= 15 is 0 Å². The Morgan fingerprint density at radius 1 is 1.42 bits per heavy atom. The van der Waals surface area contributed by atoms with Crippen LogP contribution in [0.1, 0.15) is 12.0 Å². The van der Waals surface area contributed by atoms with Crippen molar-refractivity contribution < 1.29 is 22.4 Å². The third kappa shape index (κ3) is 6.03. The molecule has 0 aromatic carbocycles. The molecule has 3 rings (SSSR count). The van der Waals surface area contributed by atoms with E-state index in [0.29, 0.717) is 24.3 Å². The van der Waals surface area contributed by atoms with Crippen LogP contribution in [-0.2, 0) is 0 Å². The average Bonchev–Trinajstić information content (AvgIpc) is 3.04. The molecule has 2 aromatic rings. The Kier molecular flexibility index (Phi) is 7.30. The van der Waals surface area contributed by atoms with Gasteiger partial charge in [-0.3, -0.25) is 0 Å². The fourth-order valence-electron chi connectivity index (χ4n) is 3.24. The van der Waals surface area contributed by atoms with Gasteiger partial charge in [0.05, 0.1) is 0 Å². The van der Waals surface area contributed by atoms with Gasteiger partial charge in [-0.05, 0) is 0 Å². The molecule has 31 heavy (non-hydrogen) atoms. The molecule has 3 heterocycles. The summed E-state index contributed by atoms with van der Waals surface area (Å²) >= 11 is -1.85. The zero-order valence-corrected chi connectivity index (χ0v) is 18.6. The van der Waals surface area contributed by atoms with E-state index in [2.05, 4.69) is 32.8 Å². The van der Waals surface area contributed by atoms with Gasteiger partial charge in [-0.15, -0.1) is 0 Å². The summed E-state index contributed by atoms with van der Waals surface area (Å²) in [7, 11) is 3.28. The molecule has 168 valence electrons. The quantitative estimate of drug-likeness (QED) is 0.329. The van der Waals surface area contributed by atoms with Gasteiger partial charge in [0.2, 0.25) is 0 Å². The summed E-state index contributed by atoms with van der Waals surface area (Å²) in [6.45, 7) is 0.964. The molecule has 0 unspecified atom stereocenters. The number of fused-ring (bicyclic) bond motifs is 1. The zero-order chi connectivity index (χ0) is 22.6. The Balaban J connectivity index is 1.93. The maximum absolute atomic E-state index is 14.4. The topological polar surface area (TPSA) is 73.7 Å². The normalized spacial score (nSPS) is 19.5. The van der Waals surface area contributed by atoms with Crippen LogP contribution in [0.3, 0.4) is 0 Å². The Bertz CT molecular complexity index is 999. The molecule has 2 atom stereocenters. The first-order valence-electron chi connectivity index (χ1n) is 9.47. The maximum atomic E-state index is 14.4. The third-order valence-electron chi connectivity index (χ3n) is 4.72. The number of likely N-dealkylation sites (tertiary alicyclic amines) is 1. The number of piperidine rings is 1. The van der Waals surface area contributed by atoms with Crippen LogP contribution in [0.15, 0.2) is 18.5 Å². The van der Waals surface area contributed by atoms with Crippen LogP contribution in [0.4, 0.5) is 28.2 Å². The van der Waals surface area contributed by atoms with Gasteiger partial charge in [-0.1, -0.05) is 0 Å². The van der Waals surface area contributed by atoms with Crippen LogP contribution < -0.4 is 20.5 Å². The molecule has 1 aliphatic heterocycles. The Morgan fingerprint density at radius 3 is 2.87 bits per heavy atom. The third-order valence-corrected chi connectivity index (χ3v) is 6.48. The van der Waals surface area contributed by atoms with Crippen molar-refractivity contribution in [3.63, 3.8) is 0 Å². The fraction of sp³-hybridized carbons (Fsp3) is 0.474. The molecule has 3 N–H and O–H groups in total. The minimum absolute atomic E-state index is 0.0210. The Labute approximate surface area is 183 Å². The van der Waals surface area contributed by atoms with E-state index in [9.17, 15) is 22.4 Å². The number of hydrogen-bond acceptors (Lipinski definition) is 4. The van der Waals surface area contributed by atoms with E-state index < -0.39 is 38.3 Å². The van der Waals surface area contributed by atoms with Crippen molar-refractivity contribution in [2.45, 2.75) is 23.7 Å². The van der Waals surface area contributed by atoms with Crippen LogP contribution in [0.5, 0.6) is 0 Å². The Morgan fingerprint density at radius 2 is 2.19 bits per heavy atom. The number of rotatable bonds is 4. The number of aromatic nitrogens is 2. The first-order chi connectivity index (χ1) is 14.7. The molecule has 2 aromatic heterocycles. The molecule has 1 aliphatic rings. The monoisotopic (exact) mass is 506 g/mol. The van der Waals surface area contributed by atoms with Crippen LogP contribution in [0.25, 0.3) is 5.52 Å². The van der Waals surface area contributed by atoms with E-state index in [1.165, 1.54) is 29.9 Å². The molecular weight excluding hydrogens is 483 g/mol. The summed E-state index contributed by atoms with van der Waals surface area (Å²) in [6.07, 6.45) is 2.26. The van der Waals surface area contributed by atoms with Gasteiger partial charge < -0.3 is 0 Å². The van der Waals surface area contributed by atoms with Crippen molar-refractivity contribution in [3.8, 4) is 11.8 Å². The van der Waals surface area contributed by atoms with E-state index in [0.717, 1.165) is 0 Å². The van der Waals surface area contributed by atoms with Gasteiger partial charge in [-0.25, -0.2) is 0 Å². The second-order valence-electron chi connectivity index (χ2n) is 6.99. The van der Waals surface area contributed by atoms with Crippen molar-refractivity contribution in [2.75, 3.05) is 39.0 Å². The SMILES string of the molecule is CNC(=O)NCC#Cc1cc2c(N[C@@H]3CCN(C)C[C@@H]3F)nccn2c1[Se]C(F)(F)F. The van der Waals surface area contributed by atoms with Crippen LogP contribution in [0, 0.1) is 11.8 Å². The average molecular weight is 505 g/mol. The molecule has 0 bridgehead atoms. The number of amides is 2. The number of carbonyl (C=O) groups excluding carboxylic acids is 1. The molecule has 0 aliphatic carbocycles. The van der Waals surface area contributed by atoms with Crippen molar-refractivity contribution in [1.29, 1.82) is 0 Å². The van der Waals surface area contributed by atoms with Crippen LogP contribution in [-0.4, -0.2) is 86.3 Å². The Hall–Kier alpha value is -2.48. The summed E-state index contributed by atoms with van der Waals surface area (Å²) in [4.78, 5) is 17.3. The van der Waals surface area contributed by atoms with E-state index in [1.54, 1.807) is 0 Å². The van der Waals surface area contributed by atoms with Crippen LogP contribution in [0.2, 0.25) is 0 Å². The number of nitrogens with one attached hydrogen (secondary N) is 3. The summed E-state index contributed by atoms with van der Waals surface area (Å²) < 4.78 is 55.6. The van der Waals surface area contributed by atoms with Gasteiger partial charge in [0.25, 0.3) is 0 Å². The van der Waals surface area contributed by atoms with Crippen molar-refractivity contribution in [3.05, 3.63) is 24.0 Å². The summed E-state index contributed by atoms with van der Waals surface area (Å²) in [6, 6.07) is 0.603. The second-order valence-corrected chi connectivity index (χ2v) is 9.21. The predicted octanol–water partition coefficient (Wildman–Crippen LogP) is 0.918. The van der Waals surface area contributed by atoms with Crippen molar-refractivity contribution in [1.82, 2.24) is 24.9 Å². The van der Waals surface area contributed by atoms with E-state index in [4.69, 9.17) is 0 Å².